The number of rotatable bonds is 4. The minimum Gasteiger partial charge on any atom is -0.349 e. The normalized spacial score (nSPS) is 10.5. The molecule has 0 spiro atoms. The Labute approximate surface area is 93.9 Å². The van der Waals surface area contributed by atoms with Crippen LogP contribution in [-0.2, 0) is 0 Å². The molecule has 0 heterocycles. The van der Waals surface area contributed by atoms with E-state index in [1.165, 1.54) is 0 Å². The minimum absolute atomic E-state index is 0.178. The number of amides is 1. The van der Waals surface area contributed by atoms with E-state index in [1.807, 2.05) is 0 Å². The molecule has 0 atom stereocenters. The molecular weight excluding hydrogens is 212 g/mol. The first-order valence-electron chi connectivity index (χ1n) is 4.63. The lowest BCUT2D eigenvalue weighted by Gasteiger charge is -2.03. The largest absolute Gasteiger partial charge is 0.349 e. The van der Waals surface area contributed by atoms with Gasteiger partial charge in [-0.1, -0.05) is 35.9 Å². The second-order valence-electron chi connectivity index (χ2n) is 2.90. The van der Waals surface area contributed by atoms with Crippen molar-refractivity contribution >= 4 is 17.5 Å². The molecule has 0 aliphatic heterocycles. The summed E-state index contributed by atoms with van der Waals surface area (Å²) in [5.41, 5.74) is 5.75. The Morgan fingerprint density at radius 1 is 1.40 bits per heavy atom. The molecule has 0 saturated heterocycles. The van der Waals surface area contributed by atoms with Gasteiger partial charge in [0.1, 0.15) is 0 Å². The highest BCUT2D eigenvalue weighted by atomic mass is 35.5. The molecule has 0 aliphatic rings. The van der Waals surface area contributed by atoms with Crippen molar-refractivity contribution in [3.05, 3.63) is 47.0 Å². The second-order valence-corrected chi connectivity index (χ2v) is 3.30. The molecule has 1 aromatic rings. The maximum absolute atomic E-state index is 11.6. The molecule has 1 rings (SSSR count). The molecule has 3 nitrogen and oxygen atoms in total. The average Bonchev–Trinajstić information content (AvgIpc) is 2.25. The van der Waals surface area contributed by atoms with Crippen molar-refractivity contribution in [3.8, 4) is 0 Å². The summed E-state index contributed by atoms with van der Waals surface area (Å²) in [6.45, 7) is 0.934. The molecule has 0 aliphatic carbocycles. The molecule has 1 amide bonds. The van der Waals surface area contributed by atoms with Crippen LogP contribution in [0.25, 0.3) is 0 Å². The van der Waals surface area contributed by atoms with Crippen molar-refractivity contribution in [1.29, 1.82) is 0 Å². The highest BCUT2D eigenvalue weighted by Gasteiger charge is 2.07. The lowest BCUT2D eigenvalue weighted by molar-refractivity contribution is 0.0958. The summed E-state index contributed by atoms with van der Waals surface area (Å²) in [6, 6.07) is 6.93. The molecule has 15 heavy (non-hydrogen) atoms. The monoisotopic (exact) mass is 224 g/mol. The third-order valence-electron chi connectivity index (χ3n) is 1.80. The molecule has 0 bridgehead atoms. The van der Waals surface area contributed by atoms with Gasteiger partial charge >= 0.3 is 0 Å². The van der Waals surface area contributed by atoms with Gasteiger partial charge in [-0.2, -0.15) is 0 Å². The smallest absolute Gasteiger partial charge is 0.253 e. The van der Waals surface area contributed by atoms with E-state index in [0.29, 0.717) is 23.7 Å². The van der Waals surface area contributed by atoms with Crippen LogP contribution in [0.2, 0.25) is 5.02 Å². The lowest BCUT2D eigenvalue weighted by atomic mass is 10.2. The van der Waals surface area contributed by atoms with Crippen molar-refractivity contribution in [1.82, 2.24) is 5.32 Å². The zero-order valence-electron chi connectivity index (χ0n) is 8.24. The molecule has 0 radical (unpaired) electrons. The van der Waals surface area contributed by atoms with Gasteiger partial charge in [0, 0.05) is 13.1 Å². The maximum atomic E-state index is 11.6. The molecule has 1 aromatic carbocycles. The zero-order valence-corrected chi connectivity index (χ0v) is 9.00. The van der Waals surface area contributed by atoms with Gasteiger partial charge in [0.25, 0.3) is 5.91 Å². The molecule has 80 valence electrons. The van der Waals surface area contributed by atoms with E-state index in [9.17, 15) is 4.79 Å². The predicted molar refractivity (Wildman–Crippen MR) is 62.0 cm³/mol. The first-order valence-corrected chi connectivity index (χ1v) is 5.01. The molecule has 3 N–H and O–H groups in total. The maximum Gasteiger partial charge on any atom is 0.253 e. The summed E-state index contributed by atoms with van der Waals surface area (Å²) in [5.74, 6) is -0.178. The van der Waals surface area contributed by atoms with Crippen LogP contribution in [-0.4, -0.2) is 19.0 Å². The lowest BCUT2D eigenvalue weighted by Crippen LogP contribution is -2.23. The van der Waals surface area contributed by atoms with Gasteiger partial charge in [0.2, 0.25) is 0 Å². The van der Waals surface area contributed by atoms with E-state index in [2.05, 4.69) is 5.32 Å². The van der Waals surface area contributed by atoms with Crippen molar-refractivity contribution in [2.45, 2.75) is 0 Å². The van der Waals surface area contributed by atoms with Crippen molar-refractivity contribution < 1.29 is 4.79 Å². The van der Waals surface area contributed by atoms with Crippen molar-refractivity contribution in [2.75, 3.05) is 13.1 Å². The Kier molecular flexibility index (Phi) is 4.87. The van der Waals surface area contributed by atoms with Crippen LogP contribution in [0.1, 0.15) is 10.4 Å². The van der Waals surface area contributed by atoms with Gasteiger partial charge in [0.15, 0.2) is 0 Å². The summed E-state index contributed by atoms with van der Waals surface area (Å²) in [5, 5.41) is 3.17. The first-order chi connectivity index (χ1) is 7.25. The van der Waals surface area contributed by atoms with Crippen LogP contribution in [0.4, 0.5) is 0 Å². The van der Waals surface area contributed by atoms with Crippen LogP contribution in [0.15, 0.2) is 36.4 Å². The quantitative estimate of drug-likeness (QED) is 0.764. The van der Waals surface area contributed by atoms with Crippen LogP contribution in [0.3, 0.4) is 0 Å². The Hall–Kier alpha value is -1.32. The summed E-state index contributed by atoms with van der Waals surface area (Å²) < 4.78 is 0. The minimum atomic E-state index is -0.178. The van der Waals surface area contributed by atoms with E-state index in [0.717, 1.165) is 0 Å². The van der Waals surface area contributed by atoms with Gasteiger partial charge in [-0.3, -0.25) is 4.79 Å². The van der Waals surface area contributed by atoms with E-state index in [1.54, 1.807) is 36.4 Å². The number of hydrogen-bond donors (Lipinski definition) is 2. The number of benzene rings is 1. The Morgan fingerprint density at radius 3 is 2.80 bits per heavy atom. The first kappa shape index (κ1) is 11.8. The number of carbonyl (C=O) groups is 1. The van der Waals surface area contributed by atoms with Gasteiger partial charge in [-0.05, 0) is 12.1 Å². The van der Waals surface area contributed by atoms with E-state index in [4.69, 9.17) is 17.3 Å². The predicted octanol–water partition coefficient (Wildman–Crippen LogP) is 1.58. The average molecular weight is 225 g/mol. The molecule has 0 unspecified atom stereocenters. The highest BCUT2D eigenvalue weighted by molar-refractivity contribution is 6.33. The fourth-order valence-electron chi connectivity index (χ4n) is 1.07. The third kappa shape index (κ3) is 3.73. The number of carbonyl (C=O) groups excluding carboxylic acids is 1. The number of nitrogens with one attached hydrogen (secondary N) is 1. The molecule has 0 aromatic heterocycles. The van der Waals surface area contributed by atoms with Crippen LogP contribution < -0.4 is 11.1 Å². The Balaban J connectivity index is 2.54. The fourth-order valence-corrected chi connectivity index (χ4v) is 1.29. The van der Waals surface area contributed by atoms with E-state index >= 15 is 0 Å². The second kappa shape index (κ2) is 6.22. The van der Waals surface area contributed by atoms with E-state index in [-0.39, 0.29) is 5.91 Å². The van der Waals surface area contributed by atoms with Crippen LogP contribution >= 0.6 is 11.6 Å². The molecule has 0 fully saturated rings. The van der Waals surface area contributed by atoms with Gasteiger partial charge < -0.3 is 11.1 Å². The Bertz CT molecular complexity index is 363. The topological polar surface area (TPSA) is 55.1 Å². The standard InChI is InChI=1S/C11H13ClN2O/c12-10-6-2-1-5-9(10)11(15)14-8-4-3-7-13/h1-6H,7-8,13H2,(H,14,15)/b4-3+. The molecule has 4 heteroatoms. The summed E-state index contributed by atoms with van der Waals surface area (Å²) >= 11 is 5.86. The molecule has 0 saturated carbocycles. The zero-order chi connectivity index (χ0) is 11.1. The summed E-state index contributed by atoms with van der Waals surface area (Å²) in [4.78, 5) is 11.6. The summed E-state index contributed by atoms with van der Waals surface area (Å²) in [6.07, 6.45) is 3.58. The number of hydrogen-bond acceptors (Lipinski definition) is 2. The van der Waals surface area contributed by atoms with Gasteiger partial charge in [-0.25, -0.2) is 0 Å². The number of nitrogens with two attached hydrogens (primary N) is 1. The third-order valence-corrected chi connectivity index (χ3v) is 2.13. The van der Waals surface area contributed by atoms with Crippen molar-refractivity contribution in [2.24, 2.45) is 5.73 Å². The van der Waals surface area contributed by atoms with Gasteiger partial charge in [-0.15, -0.1) is 0 Å². The van der Waals surface area contributed by atoms with Crippen molar-refractivity contribution in [3.63, 3.8) is 0 Å². The molecular formula is C11H13ClN2O. The number of halogens is 1. The van der Waals surface area contributed by atoms with Crippen LogP contribution in [0, 0.1) is 0 Å². The Morgan fingerprint density at radius 2 is 2.13 bits per heavy atom. The SMILES string of the molecule is NC/C=C/CNC(=O)c1ccccc1Cl. The van der Waals surface area contributed by atoms with E-state index < -0.39 is 0 Å². The fraction of sp³-hybridized carbons (Fsp3) is 0.182. The van der Waals surface area contributed by atoms with Gasteiger partial charge in [0.05, 0.1) is 10.6 Å². The highest BCUT2D eigenvalue weighted by Crippen LogP contribution is 2.14. The summed E-state index contributed by atoms with van der Waals surface area (Å²) in [7, 11) is 0. The van der Waals surface area contributed by atoms with Crippen LogP contribution in [0.5, 0.6) is 0 Å².